The molecule has 1 aliphatic rings. The van der Waals surface area contributed by atoms with Crippen LogP contribution in [0.1, 0.15) is 19.8 Å². The standard InChI is InChI=1S/C6H13NO3S2.Na/c1-5-4-6(2-3-11-5)7-12(8,9)10;/h5-7H,2-4H2,1H3,(H,8,9,10);/q;+1/p-1/t5-,6-;/m0./s1. The minimum Gasteiger partial charge on any atom is -0.735 e. The van der Waals surface area contributed by atoms with Gasteiger partial charge in [-0.15, -0.1) is 0 Å². The Hall–Kier alpha value is 1.22. The van der Waals surface area contributed by atoms with Gasteiger partial charge in [0.2, 0.25) is 0 Å². The van der Waals surface area contributed by atoms with Crippen LogP contribution in [0.25, 0.3) is 0 Å². The Morgan fingerprint density at radius 2 is 2.15 bits per heavy atom. The van der Waals surface area contributed by atoms with E-state index in [0.717, 1.165) is 18.6 Å². The molecule has 4 nitrogen and oxygen atoms in total. The SMILES string of the molecule is C[C@H]1C[C@@H](NS(=O)(=O)[O-])CCS1.[Na+]. The summed E-state index contributed by atoms with van der Waals surface area (Å²) in [4.78, 5) is 0. The van der Waals surface area contributed by atoms with Gasteiger partial charge in [-0.3, -0.25) is 0 Å². The van der Waals surface area contributed by atoms with Crippen molar-refractivity contribution >= 4 is 22.1 Å². The third-order valence-corrected chi connectivity index (χ3v) is 3.65. The zero-order valence-corrected chi connectivity index (χ0v) is 11.5. The smallest absolute Gasteiger partial charge is 0.735 e. The van der Waals surface area contributed by atoms with E-state index in [1.54, 1.807) is 0 Å². The van der Waals surface area contributed by atoms with Crippen LogP contribution in [0.15, 0.2) is 0 Å². The molecule has 0 aromatic heterocycles. The Labute approximate surface area is 105 Å². The van der Waals surface area contributed by atoms with Gasteiger partial charge in [0.05, 0.1) is 0 Å². The first kappa shape index (κ1) is 14.2. The van der Waals surface area contributed by atoms with Crippen molar-refractivity contribution in [2.24, 2.45) is 0 Å². The van der Waals surface area contributed by atoms with Crippen molar-refractivity contribution in [1.29, 1.82) is 0 Å². The average molecular weight is 233 g/mol. The molecule has 7 heteroatoms. The van der Waals surface area contributed by atoms with Gasteiger partial charge in [0, 0.05) is 11.3 Å². The first-order valence-corrected chi connectivity index (χ1v) is 6.28. The zero-order chi connectivity index (χ0) is 9.19. The minimum absolute atomic E-state index is 0. The van der Waals surface area contributed by atoms with Crippen LogP contribution in [-0.4, -0.2) is 30.0 Å². The van der Waals surface area contributed by atoms with Crippen LogP contribution in [0.3, 0.4) is 0 Å². The molecule has 1 rings (SSSR count). The fourth-order valence-corrected chi connectivity index (χ4v) is 3.12. The maximum absolute atomic E-state index is 10.3. The Kier molecular flexibility index (Phi) is 6.50. The van der Waals surface area contributed by atoms with Gasteiger partial charge >= 0.3 is 29.6 Å². The van der Waals surface area contributed by atoms with Crippen LogP contribution in [0.4, 0.5) is 0 Å². The van der Waals surface area contributed by atoms with Gasteiger partial charge < -0.3 is 4.55 Å². The first-order chi connectivity index (χ1) is 5.47. The summed E-state index contributed by atoms with van der Waals surface area (Å²) in [5.74, 6) is 0.925. The first-order valence-electron chi connectivity index (χ1n) is 3.82. The molecule has 13 heavy (non-hydrogen) atoms. The molecule has 0 aliphatic carbocycles. The van der Waals surface area contributed by atoms with Crippen molar-refractivity contribution in [3.8, 4) is 0 Å². The zero-order valence-electron chi connectivity index (χ0n) is 7.82. The molecule has 0 amide bonds. The summed E-state index contributed by atoms with van der Waals surface area (Å²) in [5.41, 5.74) is 0. The van der Waals surface area contributed by atoms with Crippen molar-refractivity contribution < 1.29 is 42.5 Å². The third kappa shape index (κ3) is 6.33. The summed E-state index contributed by atoms with van der Waals surface area (Å²) < 4.78 is 33.1. The third-order valence-electron chi connectivity index (χ3n) is 1.80. The number of nitrogens with one attached hydrogen (secondary N) is 1. The number of hydrogen-bond donors (Lipinski definition) is 1. The maximum Gasteiger partial charge on any atom is 1.00 e. The van der Waals surface area contributed by atoms with E-state index in [1.165, 1.54) is 0 Å². The van der Waals surface area contributed by atoms with E-state index in [-0.39, 0.29) is 35.6 Å². The number of rotatable bonds is 2. The molecule has 0 saturated carbocycles. The van der Waals surface area contributed by atoms with Crippen LogP contribution < -0.4 is 34.3 Å². The van der Waals surface area contributed by atoms with Crippen LogP contribution in [0.5, 0.6) is 0 Å². The Bertz CT molecular complexity index is 244. The molecule has 72 valence electrons. The van der Waals surface area contributed by atoms with Gasteiger partial charge in [-0.05, 0) is 18.6 Å². The van der Waals surface area contributed by atoms with E-state index in [2.05, 4.69) is 4.72 Å². The molecule has 1 fully saturated rings. The van der Waals surface area contributed by atoms with E-state index < -0.39 is 10.3 Å². The quantitative estimate of drug-likeness (QED) is 0.417. The Balaban J connectivity index is 0.00000144. The Morgan fingerprint density at radius 1 is 1.54 bits per heavy atom. The normalized spacial score (nSPS) is 29.4. The summed E-state index contributed by atoms with van der Waals surface area (Å²) >= 11 is 1.81. The predicted molar refractivity (Wildman–Crippen MR) is 47.8 cm³/mol. The minimum atomic E-state index is -4.26. The van der Waals surface area contributed by atoms with E-state index in [9.17, 15) is 13.0 Å². The average Bonchev–Trinajstić information content (AvgIpc) is 1.82. The maximum atomic E-state index is 10.3. The van der Waals surface area contributed by atoms with E-state index in [1.807, 2.05) is 18.7 Å². The summed E-state index contributed by atoms with van der Waals surface area (Å²) in [6, 6.07) is -0.149. The molecule has 1 heterocycles. The van der Waals surface area contributed by atoms with Crippen molar-refractivity contribution in [1.82, 2.24) is 4.72 Å². The molecule has 0 radical (unpaired) electrons. The molecule has 0 aromatic rings. The molecule has 0 unspecified atom stereocenters. The summed E-state index contributed by atoms with van der Waals surface area (Å²) in [6.07, 6.45) is 1.52. The molecule has 1 aliphatic heterocycles. The van der Waals surface area contributed by atoms with Crippen molar-refractivity contribution in [3.05, 3.63) is 0 Å². The fraction of sp³-hybridized carbons (Fsp3) is 1.00. The molecular formula is C6H12NNaO3S2. The van der Waals surface area contributed by atoms with Gasteiger partial charge in [-0.1, -0.05) is 6.92 Å². The number of thioether (sulfide) groups is 1. The second-order valence-electron chi connectivity index (χ2n) is 2.97. The molecule has 0 spiro atoms. The van der Waals surface area contributed by atoms with Gasteiger partial charge in [0.25, 0.3) is 0 Å². The number of hydrogen-bond acceptors (Lipinski definition) is 4. The largest absolute Gasteiger partial charge is 1.00 e. The molecule has 0 aromatic carbocycles. The van der Waals surface area contributed by atoms with E-state index in [0.29, 0.717) is 5.25 Å². The van der Waals surface area contributed by atoms with Gasteiger partial charge in [-0.25, -0.2) is 13.1 Å². The molecular weight excluding hydrogens is 221 g/mol. The predicted octanol–water partition coefficient (Wildman–Crippen LogP) is -2.68. The second-order valence-corrected chi connectivity index (χ2v) is 5.66. The van der Waals surface area contributed by atoms with Gasteiger partial charge in [-0.2, -0.15) is 11.8 Å². The monoisotopic (exact) mass is 233 g/mol. The topological polar surface area (TPSA) is 69.2 Å². The van der Waals surface area contributed by atoms with Crippen LogP contribution in [0, 0.1) is 0 Å². The molecule has 2 atom stereocenters. The Morgan fingerprint density at radius 3 is 2.62 bits per heavy atom. The van der Waals surface area contributed by atoms with Crippen molar-refractivity contribution in [2.45, 2.75) is 31.1 Å². The molecule has 0 bridgehead atoms. The second kappa shape index (κ2) is 5.95. The molecule has 1 N–H and O–H groups in total. The summed E-state index contributed by atoms with van der Waals surface area (Å²) in [6.45, 7) is 2.04. The van der Waals surface area contributed by atoms with Crippen molar-refractivity contribution in [2.75, 3.05) is 5.75 Å². The van der Waals surface area contributed by atoms with Gasteiger partial charge in [0.1, 0.15) is 0 Å². The van der Waals surface area contributed by atoms with Gasteiger partial charge in [0.15, 0.2) is 10.3 Å². The fourth-order valence-electron chi connectivity index (χ4n) is 1.31. The van der Waals surface area contributed by atoms with Crippen LogP contribution >= 0.6 is 11.8 Å². The summed E-state index contributed by atoms with van der Waals surface area (Å²) in [5, 5.41) is 0.443. The van der Waals surface area contributed by atoms with Crippen LogP contribution in [0.2, 0.25) is 0 Å². The van der Waals surface area contributed by atoms with Crippen LogP contribution in [-0.2, 0) is 10.3 Å². The van der Waals surface area contributed by atoms with E-state index >= 15 is 0 Å². The van der Waals surface area contributed by atoms with E-state index in [4.69, 9.17) is 0 Å². The van der Waals surface area contributed by atoms with Crippen molar-refractivity contribution in [3.63, 3.8) is 0 Å². The molecule has 1 saturated heterocycles. The summed E-state index contributed by atoms with van der Waals surface area (Å²) in [7, 11) is -4.26.